The van der Waals surface area contributed by atoms with Gasteiger partial charge in [-0.3, -0.25) is 4.98 Å². The second-order valence-corrected chi connectivity index (χ2v) is 5.20. The Kier molecular flexibility index (Phi) is 5.09. The number of aliphatic hydroxyl groups is 1. The molecule has 0 aliphatic carbocycles. The smallest absolute Gasteiger partial charge is 0.143 e. The van der Waals surface area contributed by atoms with Crippen molar-refractivity contribution in [3.8, 4) is 5.75 Å². The fourth-order valence-electron chi connectivity index (χ4n) is 1.80. The van der Waals surface area contributed by atoms with Crippen molar-refractivity contribution in [3.05, 3.63) is 58.1 Å². The van der Waals surface area contributed by atoms with E-state index in [-0.39, 0.29) is 5.56 Å². The second kappa shape index (κ2) is 6.81. The third kappa shape index (κ3) is 3.35. The van der Waals surface area contributed by atoms with Gasteiger partial charge in [-0.05, 0) is 34.5 Å². The minimum atomic E-state index is -1.08. The lowest BCUT2D eigenvalue weighted by molar-refractivity contribution is 0.213. The lowest BCUT2D eigenvalue weighted by atomic mass is 10.0. The summed E-state index contributed by atoms with van der Waals surface area (Å²) in [7, 11) is 0. The summed E-state index contributed by atoms with van der Waals surface area (Å²) in [6.07, 6.45) is 2.88. The molecule has 0 saturated carbocycles. The number of aliphatic hydroxyl groups excluding tert-OH is 1. The fraction of sp³-hybridized carbons (Fsp3) is 0.267. The first-order valence-corrected chi connectivity index (χ1v) is 7.12. The third-order valence-electron chi connectivity index (χ3n) is 2.80. The molecule has 1 aromatic carbocycles. The Morgan fingerprint density at radius 3 is 2.95 bits per heavy atom. The van der Waals surface area contributed by atoms with Crippen LogP contribution in [0.15, 0.2) is 41.1 Å². The van der Waals surface area contributed by atoms with Gasteiger partial charge in [-0.1, -0.05) is 19.1 Å². The van der Waals surface area contributed by atoms with Crippen LogP contribution in [0.2, 0.25) is 0 Å². The Balaban J connectivity index is 2.28. The molecule has 1 unspecified atom stereocenters. The molecule has 0 fully saturated rings. The van der Waals surface area contributed by atoms with Crippen LogP contribution in [0.4, 0.5) is 4.39 Å². The molecule has 5 heteroatoms. The summed E-state index contributed by atoms with van der Waals surface area (Å²) in [5, 5.41) is 10.3. The van der Waals surface area contributed by atoms with Crippen LogP contribution in [0.5, 0.6) is 5.75 Å². The Hall–Kier alpha value is -1.46. The summed E-state index contributed by atoms with van der Waals surface area (Å²) >= 11 is 3.11. The molecule has 0 amide bonds. The van der Waals surface area contributed by atoms with Gasteiger partial charge < -0.3 is 9.84 Å². The highest BCUT2D eigenvalue weighted by Crippen LogP contribution is 2.29. The van der Waals surface area contributed by atoms with E-state index in [1.165, 1.54) is 6.20 Å². The van der Waals surface area contributed by atoms with Crippen LogP contribution in [0.25, 0.3) is 0 Å². The molecule has 2 aromatic rings. The number of nitrogens with zero attached hydrogens (tertiary/aromatic N) is 1. The molecule has 1 atom stereocenters. The zero-order valence-corrected chi connectivity index (χ0v) is 12.6. The number of rotatable bonds is 5. The van der Waals surface area contributed by atoms with E-state index in [4.69, 9.17) is 4.74 Å². The van der Waals surface area contributed by atoms with E-state index in [0.717, 1.165) is 6.42 Å². The SMILES string of the molecule is CCCOc1cncc(C(O)c2cccc(Br)c2F)c1. The highest BCUT2D eigenvalue weighted by atomic mass is 79.9. The summed E-state index contributed by atoms with van der Waals surface area (Å²) in [5.41, 5.74) is 0.699. The molecule has 2 rings (SSSR count). The van der Waals surface area contributed by atoms with Gasteiger partial charge in [0, 0.05) is 17.3 Å². The average Bonchev–Trinajstić information content (AvgIpc) is 2.47. The normalized spacial score (nSPS) is 12.2. The molecule has 1 heterocycles. The number of hydrogen-bond donors (Lipinski definition) is 1. The third-order valence-corrected chi connectivity index (χ3v) is 3.41. The Morgan fingerprint density at radius 2 is 2.20 bits per heavy atom. The van der Waals surface area contributed by atoms with Crippen LogP contribution in [-0.2, 0) is 0 Å². The predicted molar refractivity (Wildman–Crippen MR) is 78.2 cm³/mol. The maximum Gasteiger partial charge on any atom is 0.143 e. The largest absolute Gasteiger partial charge is 0.492 e. The van der Waals surface area contributed by atoms with E-state index in [1.54, 1.807) is 30.5 Å². The molecule has 0 aliphatic heterocycles. The molecule has 106 valence electrons. The average molecular weight is 340 g/mol. The molecule has 0 aliphatic rings. The Labute approximate surface area is 125 Å². The number of benzene rings is 1. The van der Waals surface area contributed by atoms with Crippen molar-refractivity contribution in [1.29, 1.82) is 0 Å². The maximum atomic E-state index is 14.0. The fourth-order valence-corrected chi connectivity index (χ4v) is 2.18. The molecule has 0 saturated heterocycles. The highest BCUT2D eigenvalue weighted by molar-refractivity contribution is 9.10. The van der Waals surface area contributed by atoms with Crippen LogP contribution in [0.1, 0.15) is 30.6 Å². The molecular formula is C15H15BrFNO2. The van der Waals surface area contributed by atoms with Crippen molar-refractivity contribution in [1.82, 2.24) is 4.98 Å². The van der Waals surface area contributed by atoms with E-state index in [1.807, 2.05) is 6.92 Å². The molecule has 3 nitrogen and oxygen atoms in total. The van der Waals surface area contributed by atoms with Gasteiger partial charge in [0.1, 0.15) is 17.7 Å². The molecule has 20 heavy (non-hydrogen) atoms. The molecule has 0 spiro atoms. The molecule has 1 N–H and O–H groups in total. The van der Waals surface area contributed by atoms with Crippen molar-refractivity contribution in [2.24, 2.45) is 0 Å². The zero-order chi connectivity index (χ0) is 14.5. The minimum absolute atomic E-state index is 0.203. The summed E-state index contributed by atoms with van der Waals surface area (Å²) in [4.78, 5) is 4.02. The van der Waals surface area contributed by atoms with E-state index in [9.17, 15) is 9.50 Å². The predicted octanol–water partition coefficient (Wildman–Crippen LogP) is 3.85. The van der Waals surface area contributed by atoms with Crippen molar-refractivity contribution in [2.75, 3.05) is 6.61 Å². The number of aromatic nitrogens is 1. The van der Waals surface area contributed by atoms with Crippen LogP contribution in [-0.4, -0.2) is 16.7 Å². The van der Waals surface area contributed by atoms with E-state index in [2.05, 4.69) is 20.9 Å². The quantitative estimate of drug-likeness (QED) is 0.899. The maximum absolute atomic E-state index is 14.0. The summed E-state index contributed by atoms with van der Waals surface area (Å²) in [6, 6.07) is 6.49. The standard InChI is InChI=1S/C15H15BrFNO2/c1-2-6-20-11-7-10(8-18-9-11)15(19)12-4-3-5-13(16)14(12)17/h3-5,7-9,15,19H,2,6H2,1H3. The first kappa shape index (κ1) is 14.9. The monoisotopic (exact) mass is 339 g/mol. The first-order valence-electron chi connectivity index (χ1n) is 6.33. The van der Waals surface area contributed by atoms with Crippen LogP contribution in [0, 0.1) is 5.82 Å². The van der Waals surface area contributed by atoms with Gasteiger partial charge in [0.05, 0.1) is 17.3 Å². The Morgan fingerprint density at radius 1 is 1.40 bits per heavy atom. The molecule has 1 aromatic heterocycles. The number of ether oxygens (including phenoxy) is 1. The second-order valence-electron chi connectivity index (χ2n) is 4.35. The van der Waals surface area contributed by atoms with E-state index in [0.29, 0.717) is 22.4 Å². The molecule has 0 radical (unpaired) electrons. The van der Waals surface area contributed by atoms with Gasteiger partial charge in [-0.2, -0.15) is 0 Å². The Bertz CT molecular complexity index is 592. The highest BCUT2D eigenvalue weighted by Gasteiger charge is 2.17. The summed E-state index contributed by atoms with van der Waals surface area (Å²) in [6.45, 7) is 2.58. The van der Waals surface area contributed by atoms with Crippen LogP contribution >= 0.6 is 15.9 Å². The molecule has 0 bridgehead atoms. The lowest BCUT2D eigenvalue weighted by Gasteiger charge is -2.14. The van der Waals surface area contributed by atoms with Gasteiger partial charge >= 0.3 is 0 Å². The lowest BCUT2D eigenvalue weighted by Crippen LogP contribution is -2.04. The minimum Gasteiger partial charge on any atom is -0.492 e. The van der Waals surface area contributed by atoms with Crippen LogP contribution in [0.3, 0.4) is 0 Å². The molecular weight excluding hydrogens is 325 g/mol. The van der Waals surface area contributed by atoms with Gasteiger partial charge in [0.2, 0.25) is 0 Å². The van der Waals surface area contributed by atoms with Crippen molar-refractivity contribution < 1.29 is 14.2 Å². The van der Waals surface area contributed by atoms with Gasteiger partial charge in [0.15, 0.2) is 0 Å². The number of halogens is 2. The number of hydrogen-bond acceptors (Lipinski definition) is 3. The van der Waals surface area contributed by atoms with E-state index >= 15 is 0 Å². The van der Waals surface area contributed by atoms with E-state index < -0.39 is 11.9 Å². The van der Waals surface area contributed by atoms with Gasteiger partial charge in [-0.25, -0.2) is 4.39 Å². The summed E-state index contributed by atoms with van der Waals surface area (Å²) < 4.78 is 19.8. The van der Waals surface area contributed by atoms with Crippen molar-refractivity contribution in [3.63, 3.8) is 0 Å². The topological polar surface area (TPSA) is 42.4 Å². The van der Waals surface area contributed by atoms with Crippen LogP contribution < -0.4 is 4.74 Å². The zero-order valence-electron chi connectivity index (χ0n) is 11.0. The van der Waals surface area contributed by atoms with Crippen molar-refractivity contribution >= 4 is 15.9 Å². The van der Waals surface area contributed by atoms with Gasteiger partial charge in [0.25, 0.3) is 0 Å². The van der Waals surface area contributed by atoms with Gasteiger partial charge in [-0.15, -0.1) is 0 Å². The first-order chi connectivity index (χ1) is 9.63. The summed E-state index contributed by atoms with van der Waals surface area (Å²) in [5.74, 6) is 0.0960. The number of pyridine rings is 1. The van der Waals surface area contributed by atoms with Crippen molar-refractivity contribution in [2.45, 2.75) is 19.4 Å².